The number of methoxy groups -OCH3 is 1. The van der Waals surface area contributed by atoms with Crippen molar-refractivity contribution in [1.82, 2.24) is 33.8 Å². The predicted octanol–water partition coefficient (Wildman–Crippen LogP) is 3.01. The van der Waals surface area contributed by atoms with Gasteiger partial charge in [-0.3, -0.25) is 9.13 Å². The molecule has 0 atom stereocenters. The molecule has 5 heterocycles. The smallest absolute Gasteiger partial charge is 0.338 e. The molecule has 0 aliphatic carbocycles. The Morgan fingerprint density at radius 2 is 1.75 bits per heavy atom. The van der Waals surface area contributed by atoms with Gasteiger partial charge in [-0.15, -0.1) is 5.10 Å². The average molecular weight is 492 g/mol. The molecule has 4 aromatic heterocycles. The zero-order valence-corrected chi connectivity index (χ0v) is 19.9. The molecular formula is C25H23F2N7O2. The van der Waals surface area contributed by atoms with Crippen LogP contribution in [0.1, 0.15) is 22.4 Å². The maximum atomic E-state index is 15.4. The van der Waals surface area contributed by atoms with E-state index in [1.165, 1.54) is 39.1 Å². The first kappa shape index (κ1) is 22.2. The first-order valence-electron chi connectivity index (χ1n) is 11.5. The summed E-state index contributed by atoms with van der Waals surface area (Å²) in [5.41, 5.74) is 3.16. The number of pyridine rings is 1. The van der Waals surface area contributed by atoms with E-state index in [1.807, 2.05) is 0 Å². The maximum absolute atomic E-state index is 15.4. The normalized spacial score (nSPS) is 13.4. The van der Waals surface area contributed by atoms with Crippen LogP contribution in [0.25, 0.3) is 22.7 Å². The highest BCUT2D eigenvalue weighted by molar-refractivity contribution is 5.57. The Bertz CT molecular complexity index is 1690. The molecule has 0 fully saturated rings. The number of nitrogens with zero attached hydrogens (tertiary/aromatic N) is 6. The third-order valence-corrected chi connectivity index (χ3v) is 6.56. The third kappa shape index (κ3) is 3.27. The van der Waals surface area contributed by atoms with Crippen molar-refractivity contribution in [2.75, 3.05) is 13.7 Å². The Kier molecular flexibility index (Phi) is 5.04. The molecule has 11 heteroatoms. The fraction of sp³-hybridized carbons (Fsp3) is 0.240. The highest BCUT2D eigenvalue weighted by Gasteiger charge is 2.25. The van der Waals surface area contributed by atoms with E-state index in [1.54, 1.807) is 43.1 Å². The van der Waals surface area contributed by atoms with Crippen molar-refractivity contribution in [1.29, 1.82) is 0 Å². The van der Waals surface area contributed by atoms with Crippen LogP contribution in [0.2, 0.25) is 0 Å². The fourth-order valence-electron chi connectivity index (χ4n) is 4.76. The number of hydrogen-bond donors (Lipinski definition) is 1. The van der Waals surface area contributed by atoms with Gasteiger partial charge in [0.15, 0.2) is 5.82 Å². The van der Waals surface area contributed by atoms with Crippen molar-refractivity contribution < 1.29 is 13.5 Å². The molecule has 0 radical (unpaired) electrons. The number of nitrogens with one attached hydrogen (secondary N) is 1. The van der Waals surface area contributed by atoms with Gasteiger partial charge in [0.1, 0.15) is 17.2 Å². The summed E-state index contributed by atoms with van der Waals surface area (Å²) in [4.78, 5) is 13.7. The molecule has 184 valence electrons. The van der Waals surface area contributed by atoms with E-state index in [0.29, 0.717) is 35.6 Å². The number of imidazole rings is 1. The lowest BCUT2D eigenvalue weighted by Crippen LogP contribution is -2.27. The van der Waals surface area contributed by atoms with Crippen molar-refractivity contribution >= 4 is 5.52 Å². The van der Waals surface area contributed by atoms with Gasteiger partial charge in [0.25, 0.3) is 0 Å². The van der Waals surface area contributed by atoms with E-state index < -0.39 is 11.5 Å². The number of rotatable bonds is 4. The minimum absolute atomic E-state index is 0.0836. The summed E-state index contributed by atoms with van der Waals surface area (Å²) in [7, 11) is 1.45. The number of hydrogen-bond acceptors (Lipinski definition) is 5. The van der Waals surface area contributed by atoms with Gasteiger partial charge in [-0.25, -0.2) is 22.8 Å². The first-order chi connectivity index (χ1) is 17.4. The van der Waals surface area contributed by atoms with Crippen LogP contribution in [0.3, 0.4) is 0 Å². The highest BCUT2D eigenvalue weighted by Crippen LogP contribution is 2.27. The van der Waals surface area contributed by atoms with E-state index in [4.69, 9.17) is 9.84 Å². The molecular weight excluding hydrogens is 468 g/mol. The summed E-state index contributed by atoms with van der Waals surface area (Å²) in [5, 5.41) is 12.2. The van der Waals surface area contributed by atoms with Gasteiger partial charge < -0.3 is 10.1 Å². The monoisotopic (exact) mass is 491 g/mol. The largest absolute Gasteiger partial charge is 0.480 e. The Labute approximate surface area is 204 Å². The Morgan fingerprint density at radius 3 is 2.50 bits per heavy atom. The fourth-order valence-corrected chi connectivity index (χ4v) is 4.76. The Balaban J connectivity index is 1.55. The molecule has 0 saturated carbocycles. The quantitative estimate of drug-likeness (QED) is 0.418. The lowest BCUT2D eigenvalue weighted by molar-refractivity contribution is 0.395. The summed E-state index contributed by atoms with van der Waals surface area (Å²) in [6, 6.07) is 6.37. The maximum Gasteiger partial charge on any atom is 0.338 e. The zero-order valence-electron chi connectivity index (χ0n) is 19.9. The molecule has 9 nitrogen and oxygen atoms in total. The van der Waals surface area contributed by atoms with Gasteiger partial charge in [0.2, 0.25) is 5.88 Å². The van der Waals surface area contributed by atoms with E-state index in [2.05, 4.69) is 10.4 Å². The second kappa shape index (κ2) is 8.16. The summed E-state index contributed by atoms with van der Waals surface area (Å²) in [6.07, 6.45) is 5.37. The minimum atomic E-state index is -0.602. The number of aromatic nitrogens is 6. The van der Waals surface area contributed by atoms with E-state index in [-0.39, 0.29) is 22.9 Å². The summed E-state index contributed by atoms with van der Waals surface area (Å²) >= 11 is 0. The molecule has 1 aliphatic heterocycles. The van der Waals surface area contributed by atoms with Gasteiger partial charge in [-0.2, -0.15) is 5.10 Å². The van der Waals surface area contributed by atoms with E-state index in [0.717, 1.165) is 17.8 Å². The Morgan fingerprint density at radius 1 is 1.00 bits per heavy atom. The molecule has 1 N–H and O–H groups in total. The zero-order chi connectivity index (χ0) is 25.1. The number of fused-ring (bicyclic) bond motifs is 2. The van der Waals surface area contributed by atoms with Crippen molar-refractivity contribution in [3.8, 4) is 23.1 Å². The summed E-state index contributed by atoms with van der Waals surface area (Å²) in [6.45, 7) is 4.69. The van der Waals surface area contributed by atoms with Crippen LogP contribution in [-0.4, -0.2) is 42.2 Å². The molecule has 6 rings (SSSR count). The van der Waals surface area contributed by atoms with Gasteiger partial charge in [0.05, 0.1) is 24.2 Å². The molecule has 1 aliphatic rings. The van der Waals surface area contributed by atoms with Gasteiger partial charge in [-0.05, 0) is 43.2 Å². The molecule has 0 amide bonds. The molecule has 36 heavy (non-hydrogen) atoms. The van der Waals surface area contributed by atoms with Crippen LogP contribution >= 0.6 is 0 Å². The van der Waals surface area contributed by atoms with E-state index >= 15 is 4.39 Å². The molecule has 0 saturated heterocycles. The Hall–Kier alpha value is -4.25. The van der Waals surface area contributed by atoms with E-state index in [9.17, 15) is 9.18 Å². The highest BCUT2D eigenvalue weighted by atomic mass is 19.1. The van der Waals surface area contributed by atoms with Crippen LogP contribution in [-0.2, 0) is 13.0 Å². The lowest BCUT2D eigenvalue weighted by atomic mass is 10.1. The van der Waals surface area contributed by atoms with Crippen molar-refractivity contribution in [3.05, 3.63) is 87.4 Å². The molecule has 1 aromatic carbocycles. The lowest BCUT2D eigenvalue weighted by Gasteiger charge is -2.14. The molecule has 0 spiro atoms. The molecule has 0 unspecified atom stereocenters. The van der Waals surface area contributed by atoms with Crippen LogP contribution in [0.4, 0.5) is 8.78 Å². The van der Waals surface area contributed by atoms with Crippen LogP contribution in [0.15, 0.2) is 47.7 Å². The topological polar surface area (TPSA) is 83.3 Å². The first-order valence-corrected chi connectivity index (χ1v) is 11.5. The number of aryl methyl sites for hydroxylation is 2. The summed E-state index contributed by atoms with van der Waals surface area (Å²) < 4.78 is 40.6. The van der Waals surface area contributed by atoms with Gasteiger partial charge >= 0.3 is 5.69 Å². The van der Waals surface area contributed by atoms with Crippen molar-refractivity contribution in [2.45, 2.75) is 26.8 Å². The van der Waals surface area contributed by atoms with Crippen LogP contribution < -0.4 is 15.7 Å². The van der Waals surface area contributed by atoms with Gasteiger partial charge in [-0.1, -0.05) is 0 Å². The van der Waals surface area contributed by atoms with Crippen molar-refractivity contribution in [2.24, 2.45) is 0 Å². The number of ether oxygens (including phenoxy) is 1. The minimum Gasteiger partial charge on any atom is -0.480 e. The average Bonchev–Trinajstić information content (AvgIpc) is 3.57. The third-order valence-electron chi connectivity index (χ3n) is 6.56. The van der Waals surface area contributed by atoms with Crippen LogP contribution in [0, 0.1) is 25.5 Å². The number of halogens is 2. The van der Waals surface area contributed by atoms with Gasteiger partial charge in [0, 0.05) is 49.7 Å². The second-order valence-electron chi connectivity index (χ2n) is 8.83. The van der Waals surface area contributed by atoms with Crippen molar-refractivity contribution in [3.63, 3.8) is 0 Å². The number of benzene rings is 1. The standard InChI is InChI=1S/C25H23F2N7O2/c1-14-10-16(11-15(2)22(14)26)34-24(17-13-28-6-4-18(17)29-34)32-9-8-31(25(32)35)19-5-7-33-20(23(19)27)12-21(30-33)36-3/h5,7-12,28H,4,6,13H2,1-3H3. The SMILES string of the molecule is COc1cc2c(F)c(-n3ccn(-c4c5c(nn4-c4cc(C)c(F)c(C)c4)CCNC5)c3=O)ccn2n1. The predicted molar refractivity (Wildman–Crippen MR) is 129 cm³/mol. The molecule has 0 bridgehead atoms. The molecule has 5 aromatic rings. The van der Waals surface area contributed by atoms with Crippen LogP contribution in [0.5, 0.6) is 5.88 Å². The summed E-state index contributed by atoms with van der Waals surface area (Å²) in [5.74, 6) is -0.0672. The second-order valence-corrected chi connectivity index (χ2v) is 8.83.